The molecule has 3 rings (SSSR count). The Kier molecular flexibility index (Phi) is 7.43. The zero-order valence-corrected chi connectivity index (χ0v) is 19.9. The quantitative estimate of drug-likeness (QED) is 0.355. The first-order valence-corrected chi connectivity index (χ1v) is 10.5. The van der Waals surface area contributed by atoms with E-state index in [4.69, 9.17) is 18.9 Å². The van der Waals surface area contributed by atoms with Gasteiger partial charge in [0, 0.05) is 22.6 Å². The van der Waals surface area contributed by atoms with Gasteiger partial charge in [-0.05, 0) is 56.7 Å². The van der Waals surface area contributed by atoms with Crippen molar-refractivity contribution in [3.05, 3.63) is 70.5 Å². The van der Waals surface area contributed by atoms with E-state index < -0.39 is 5.97 Å². The van der Waals surface area contributed by atoms with Crippen LogP contribution >= 0.6 is 0 Å². The Hall–Kier alpha value is -3.74. The molecule has 0 aliphatic carbocycles. The molecule has 0 amide bonds. The van der Waals surface area contributed by atoms with Crippen molar-refractivity contribution in [2.24, 2.45) is 0 Å². The van der Waals surface area contributed by atoms with Crippen molar-refractivity contribution in [3.63, 3.8) is 0 Å². The molecule has 0 saturated heterocycles. The molecule has 0 spiro atoms. The Bertz CT molecular complexity index is 1140. The van der Waals surface area contributed by atoms with Crippen LogP contribution < -0.4 is 14.2 Å². The van der Waals surface area contributed by atoms with E-state index in [1.54, 1.807) is 12.1 Å². The van der Waals surface area contributed by atoms with Gasteiger partial charge in [0.15, 0.2) is 18.1 Å². The number of hydrogen-bond donors (Lipinski definition) is 0. The third-order valence-electron chi connectivity index (χ3n) is 5.46. The SMILES string of the molecule is COc1cc(CC(=O)OCC(=O)c2cc(C)n(-c3ccc(C)cc3)c2C)cc(OC)c1OC. The number of ether oxygens (including phenoxy) is 4. The minimum atomic E-state index is -0.523. The average Bonchev–Trinajstić information content (AvgIpc) is 3.11. The van der Waals surface area contributed by atoms with Crippen LogP contribution in [0.25, 0.3) is 5.69 Å². The summed E-state index contributed by atoms with van der Waals surface area (Å²) in [6, 6.07) is 13.3. The van der Waals surface area contributed by atoms with Crippen LogP contribution in [-0.2, 0) is 16.0 Å². The molecule has 0 atom stereocenters. The Morgan fingerprint density at radius 2 is 1.45 bits per heavy atom. The number of hydrogen-bond acceptors (Lipinski definition) is 6. The van der Waals surface area contributed by atoms with Gasteiger partial charge in [-0.1, -0.05) is 17.7 Å². The van der Waals surface area contributed by atoms with Crippen LogP contribution in [0.5, 0.6) is 17.2 Å². The van der Waals surface area contributed by atoms with E-state index in [1.807, 2.05) is 55.7 Å². The van der Waals surface area contributed by atoms with E-state index in [-0.39, 0.29) is 18.8 Å². The number of ketones is 1. The predicted molar refractivity (Wildman–Crippen MR) is 125 cm³/mol. The molecule has 174 valence electrons. The summed E-state index contributed by atoms with van der Waals surface area (Å²) in [5.74, 6) is 0.555. The van der Waals surface area contributed by atoms with Gasteiger partial charge in [-0.25, -0.2) is 0 Å². The molecule has 0 fully saturated rings. The van der Waals surface area contributed by atoms with E-state index in [0.717, 1.165) is 22.6 Å². The van der Waals surface area contributed by atoms with Gasteiger partial charge < -0.3 is 23.5 Å². The Labute approximate surface area is 193 Å². The Morgan fingerprint density at radius 3 is 2.00 bits per heavy atom. The highest BCUT2D eigenvalue weighted by atomic mass is 16.5. The topological polar surface area (TPSA) is 76.0 Å². The highest BCUT2D eigenvalue weighted by Gasteiger charge is 2.19. The summed E-state index contributed by atoms with van der Waals surface area (Å²) < 4.78 is 23.2. The molecule has 0 radical (unpaired) electrons. The third kappa shape index (κ3) is 5.19. The van der Waals surface area contributed by atoms with Crippen molar-refractivity contribution in [2.45, 2.75) is 27.2 Å². The molecule has 0 saturated carbocycles. The Balaban J connectivity index is 1.70. The van der Waals surface area contributed by atoms with E-state index in [9.17, 15) is 9.59 Å². The largest absolute Gasteiger partial charge is 0.493 e. The second-order valence-corrected chi connectivity index (χ2v) is 7.75. The summed E-state index contributed by atoms with van der Waals surface area (Å²) in [6.45, 7) is 5.53. The predicted octanol–water partition coefficient (Wildman–Crippen LogP) is 4.40. The molecule has 0 aliphatic heterocycles. The second kappa shape index (κ2) is 10.3. The maximum Gasteiger partial charge on any atom is 0.310 e. The monoisotopic (exact) mass is 451 g/mol. The van der Waals surface area contributed by atoms with Gasteiger partial charge in [0.1, 0.15) is 0 Å². The van der Waals surface area contributed by atoms with Gasteiger partial charge in [-0.15, -0.1) is 0 Å². The molecule has 2 aromatic carbocycles. The summed E-state index contributed by atoms with van der Waals surface area (Å²) in [5.41, 5.74) is 5.05. The van der Waals surface area contributed by atoms with E-state index >= 15 is 0 Å². The van der Waals surface area contributed by atoms with Crippen molar-refractivity contribution in [3.8, 4) is 22.9 Å². The molecular formula is C26H29NO6. The number of Topliss-reactive ketones (excluding diaryl/α,β-unsaturated/α-hetero) is 1. The van der Waals surface area contributed by atoms with Crippen molar-refractivity contribution >= 4 is 11.8 Å². The summed E-state index contributed by atoms with van der Waals surface area (Å²) in [6.07, 6.45) is -0.0353. The molecule has 0 aliphatic rings. The van der Waals surface area contributed by atoms with Gasteiger partial charge in [-0.3, -0.25) is 9.59 Å². The molecule has 7 heteroatoms. The van der Waals surface area contributed by atoms with Gasteiger partial charge >= 0.3 is 5.97 Å². The minimum absolute atomic E-state index is 0.0353. The van der Waals surface area contributed by atoms with E-state index in [1.165, 1.54) is 21.3 Å². The number of aryl methyl sites for hydroxylation is 2. The van der Waals surface area contributed by atoms with Crippen molar-refractivity contribution in [1.29, 1.82) is 0 Å². The van der Waals surface area contributed by atoms with Gasteiger partial charge in [-0.2, -0.15) is 0 Å². The summed E-state index contributed by atoms with van der Waals surface area (Å²) >= 11 is 0. The highest BCUT2D eigenvalue weighted by molar-refractivity contribution is 5.99. The van der Waals surface area contributed by atoms with Gasteiger partial charge in [0.2, 0.25) is 11.5 Å². The lowest BCUT2D eigenvalue weighted by Gasteiger charge is -2.14. The lowest BCUT2D eigenvalue weighted by Crippen LogP contribution is -2.16. The maximum absolute atomic E-state index is 12.8. The molecule has 0 unspecified atom stereocenters. The number of benzene rings is 2. The number of methoxy groups -OCH3 is 3. The number of rotatable bonds is 9. The molecular weight excluding hydrogens is 422 g/mol. The Morgan fingerprint density at radius 1 is 0.848 bits per heavy atom. The number of carbonyl (C=O) groups is 2. The van der Waals surface area contributed by atoms with Crippen LogP contribution in [0, 0.1) is 20.8 Å². The first-order valence-electron chi connectivity index (χ1n) is 10.5. The van der Waals surface area contributed by atoms with Crippen LogP contribution in [0.1, 0.15) is 32.9 Å². The van der Waals surface area contributed by atoms with Crippen LogP contribution in [0.4, 0.5) is 0 Å². The fourth-order valence-electron chi connectivity index (χ4n) is 3.82. The number of nitrogens with zero attached hydrogens (tertiary/aromatic N) is 1. The lowest BCUT2D eigenvalue weighted by molar-refractivity contribution is -0.141. The van der Waals surface area contributed by atoms with Gasteiger partial charge in [0.05, 0.1) is 27.8 Å². The maximum atomic E-state index is 12.8. The molecule has 1 aromatic heterocycles. The van der Waals surface area contributed by atoms with Crippen molar-refractivity contribution < 1.29 is 28.5 Å². The minimum Gasteiger partial charge on any atom is -0.493 e. The number of carbonyl (C=O) groups excluding carboxylic acids is 2. The normalized spacial score (nSPS) is 10.6. The standard InChI is InChI=1S/C26H29NO6/c1-16-7-9-20(10-8-16)27-17(2)11-21(18(27)3)22(28)15-33-25(29)14-19-12-23(30-4)26(32-6)24(13-19)31-5/h7-13H,14-15H2,1-6H3. The van der Waals surface area contributed by atoms with Crippen LogP contribution in [0.3, 0.4) is 0 Å². The molecule has 0 bridgehead atoms. The summed E-state index contributed by atoms with van der Waals surface area (Å²) in [5, 5.41) is 0. The number of esters is 1. The molecule has 3 aromatic rings. The van der Waals surface area contributed by atoms with E-state index in [2.05, 4.69) is 0 Å². The molecule has 1 heterocycles. The zero-order chi connectivity index (χ0) is 24.1. The molecule has 0 N–H and O–H groups in total. The van der Waals surface area contributed by atoms with Crippen LogP contribution in [0.15, 0.2) is 42.5 Å². The first-order chi connectivity index (χ1) is 15.8. The molecule has 33 heavy (non-hydrogen) atoms. The summed E-state index contributed by atoms with van der Waals surface area (Å²) in [7, 11) is 4.52. The van der Waals surface area contributed by atoms with Crippen LogP contribution in [0.2, 0.25) is 0 Å². The smallest absolute Gasteiger partial charge is 0.310 e. The number of aromatic nitrogens is 1. The third-order valence-corrected chi connectivity index (χ3v) is 5.46. The average molecular weight is 452 g/mol. The van der Waals surface area contributed by atoms with E-state index in [0.29, 0.717) is 28.4 Å². The molecule has 7 nitrogen and oxygen atoms in total. The fraction of sp³-hybridized carbons (Fsp3) is 0.308. The highest BCUT2D eigenvalue weighted by Crippen LogP contribution is 2.38. The van der Waals surface area contributed by atoms with Crippen molar-refractivity contribution in [2.75, 3.05) is 27.9 Å². The fourth-order valence-corrected chi connectivity index (χ4v) is 3.82. The second-order valence-electron chi connectivity index (χ2n) is 7.75. The lowest BCUT2D eigenvalue weighted by atomic mass is 10.1. The van der Waals surface area contributed by atoms with Crippen LogP contribution in [-0.4, -0.2) is 44.3 Å². The zero-order valence-electron chi connectivity index (χ0n) is 19.9. The van der Waals surface area contributed by atoms with Gasteiger partial charge in [0.25, 0.3) is 0 Å². The first kappa shape index (κ1) is 23.9. The van der Waals surface area contributed by atoms with Crippen molar-refractivity contribution in [1.82, 2.24) is 4.57 Å². The summed E-state index contributed by atoms with van der Waals surface area (Å²) in [4.78, 5) is 25.2.